The summed E-state index contributed by atoms with van der Waals surface area (Å²) < 4.78 is 0. The van der Waals surface area contributed by atoms with Crippen molar-refractivity contribution in [3.05, 3.63) is 120 Å². The largest absolute Gasteiger partial charge is 0.391 e. The Morgan fingerprint density at radius 1 is 0.917 bits per heavy atom. The van der Waals surface area contributed by atoms with Crippen LogP contribution in [0, 0.1) is 12.3 Å². The van der Waals surface area contributed by atoms with E-state index < -0.39 is 23.6 Å². The van der Waals surface area contributed by atoms with E-state index in [4.69, 9.17) is 5.73 Å². The molecule has 1 fully saturated rings. The number of amides is 3. The molecule has 3 heterocycles. The fourth-order valence-electron chi connectivity index (χ4n) is 6.49. The maximum Gasteiger partial charge on any atom is 0.321 e. The predicted octanol–water partition coefficient (Wildman–Crippen LogP) is 5.15. The third-order valence-electron chi connectivity index (χ3n) is 8.85. The first-order chi connectivity index (χ1) is 23.0. The molecule has 0 saturated carbocycles. The van der Waals surface area contributed by atoms with E-state index in [9.17, 15) is 14.7 Å². The van der Waals surface area contributed by atoms with Crippen molar-refractivity contribution in [2.75, 3.05) is 13.1 Å². The van der Waals surface area contributed by atoms with Gasteiger partial charge in [0.1, 0.15) is 6.04 Å². The van der Waals surface area contributed by atoms with E-state index in [-0.39, 0.29) is 18.0 Å². The van der Waals surface area contributed by atoms with Crippen LogP contribution >= 0.6 is 0 Å². The van der Waals surface area contributed by atoms with Crippen molar-refractivity contribution in [2.24, 2.45) is 11.1 Å². The number of aryl methyl sites for hydroxylation is 1. The molecule has 2 aromatic heterocycles. The van der Waals surface area contributed by atoms with Crippen molar-refractivity contribution in [2.45, 2.75) is 77.7 Å². The van der Waals surface area contributed by atoms with Gasteiger partial charge in [-0.1, -0.05) is 87.5 Å². The number of aromatic nitrogens is 2. The number of nitrogens with zero attached hydrogens (tertiary/aromatic N) is 4. The van der Waals surface area contributed by atoms with Crippen molar-refractivity contribution in [1.29, 1.82) is 0 Å². The minimum Gasteiger partial charge on any atom is -0.391 e. The minimum absolute atomic E-state index is 0.190. The third-order valence-corrected chi connectivity index (χ3v) is 8.85. The number of aliphatic hydroxyl groups is 1. The number of hydrogen-bond acceptors (Lipinski definition) is 6. The van der Waals surface area contributed by atoms with Gasteiger partial charge in [0.2, 0.25) is 5.91 Å². The van der Waals surface area contributed by atoms with Crippen LogP contribution in [-0.2, 0) is 24.2 Å². The van der Waals surface area contributed by atoms with E-state index in [1.807, 2.05) is 119 Å². The predicted molar refractivity (Wildman–Crippen MR) is 189 cm³/mol. The number of benzene rings is 2. The summed E-state index contributed by atoms with van der Waals surface area (Å²) in [5.74, 6) is -0.287. The van der Waals surface area contributed by atoms with E-state index >= 15 is 0 Å². The zero-order chi connectivity index (χ0) is 34.3. The fraction of sp³-hybridized carbons (Fsp3) is 0.385. The highest BCUT2D eigenvalue weighted by atomic mass is 16.3. The molecule has 9 nitrogen and oxygen atoms in total. The van der Waals surface area contributed by atoms with Crippen LogP contribution in [0.2, 0.25) is 0 Å². The second kappa shape index (κ2) is 15.5. The van der Waals surface area contributed by atoms with Gasteiger partial charge in [-0.15, -0.1) is 0 Å². The van der Waals surface area contributed by atoms with Gasteiger partial charge < -0.3 is 26.0 Å². The Balaban J connectivity index is 1.28. The highest BCUT2D eigenvalue weighted by Crippen LogP contribution is 2.29. The Hall–Kier alpha value is -4.60. The van der Waals surface area contributed by atoms with Crippen LogP contribution in [0.15, 0.2) is 97.2 Å². The topological polar surface area (TPSA) is 125 Å². The number of nitrogens with two attached hydrogens (primary N) is 1. The summed E-state index contributed by atoms with van der Waals surface area (Å²) in [6, 6.07) is 27.7. The van der Waals surface area contributed by atoms with Gasteiger partial charge in [0.15, 0.2) is 0 Å². The number of hydrogen-bond donors (Lipinski definition) is 3. The SMILES string of the molecule is Cc1cccc(CN2CCN(C(C(=O)N[C@@H](Cc3ccccc3)[C@@H](O)C[C@@H](N)Cc3ccc(-c4ccccn4)cc3)C(C)(C)C)C2=O)n1. The van der Waals surface area contributed by atoms with Gasteiger partial charge in [-0.2, -0.15) is 0 Å². The lowest BCUT2D eigenvalue weighted by Gasteiger charge is -2.38. The van der Waals surface area contributed by atoms with Gasteiger partial charge in [0.25, 0.3) is 0 Å². The summed E-state index contributed by atoms with van der Waals surface area (Å²) in [5.41, 5.74) is 11.7. The van der Waals surface area contributed by atoms with Crippen LogP contribution in [0.3, 0.4) is 0 Å². The second-order valence-electron chi connectivity index (χ2n) is 13.9. The molecule has 1 aliphatic rings. The van der Waals surface area contributed by atoms with Crippen LogP contribution in [0.4, 0.5) is 4.79 Å². The lowest BCUT2D eigenvalue weighted by molar-refractivity contribution is -0.130. The summed E-state index contributed by atoms with van der Waals surface area (Å²) in [6.07, 6.45) is 2.16. The van der Waals surface area contributed by atoms with E-state index in [2.05, 4.69) is 15.3 Å². The minimum atomic E-state index is -0.907. The lowest BCUT2D eigenvalue weighted by atomic mass is 9.84. The van der Waals surface area contributed by atoms with Crippen LogP contribution < -0.4 is 11.1 Å². The molecule has 0 aliphatic carbocycles. The molecule has 252 valence electrons. The summed E-state index contributed by atoms with van der Waals surface area (Å²) >= 11 is 0. The third kappa shape index (κ3) is 9.05. The van der Waals surface area contributed by atoms with E-state index in [1.54, 1.807) is 16.0 Å². The number of nitrogens with one attached hydrogen (secondary N) is 1. The molecule has 3 amide bonds. The standard InChI is InChI=1S/C39H48N6O3/c1-27-11-10-14-32(42-27)26-44-21-22-45(38(44)48)36(39(2,3)4)37(47)43-34(24-28-12-6-5-7-13-28)35(46)25-31(40)23-29-16-18-30(19-17-29)33-15-8-9-20-41-33/h5-20,31,34-36,46H,21-26,40H2,1-4H3,(H,43,47)/t31-,34-,35-,36?/m0/s1. The Morgan fingerprint density at radius 2 is 1.62 bits per heavy atom. The molecule has 4 N–H and O–H groups in total. The highest BCUT2D eigenvalue weighted by Gasteiger charge is 2.44. The van der Waals surface area contributed by atoms with Crippen molar-refractivity contribution in [3.63, 3.8) is 0 Å². The zero-order valence-electron chi connectivity index (χ0n) is 28.4. The Labute approximate surface area is 284 Å². The van der Waals surface area contributed by atoms with Crippen LogP contribution in [0.25, 0.3) is 11.3 Å². The maximum atomic E-state index is 14.2. The number of rotatable bonds is 13. The molecule has 4 aromatic rings. The molecule has 0 bridgehead atoms. The molecule has 5 rings (SSSR count). The van der Waals surface area contributed by atoms with Crippen LogP contribution in [0.1, 0.15) is 49.7 Å². The van der Waals surface area contributed by atoms with Crippen molar-refractivity contribution < 1.29 is 14.7 Å². The monoisotopic (exact) mass is 648 g/mol. The number of urea groups is 1. The van der Waals surface area contributed by atoms with Gasteiger partial charge in [0.05, 0.1) is 30.1 Å². The van der Waals surface area contributed by atoms with Gasteiger partial charge >= 0.3 is 6.03 Å². The van der Waals surface area contributed by atoms with E-state index in [0.29, 0.717) is 38.9 Å². The molecule has 1 saturated heterocycles. The van der Waals surface area contributed by atoms with E-state index in [0.717, 1.165) is 33.8 Å². The first-order valence-corrected chi connectivity index (χ1v) is 16.7. The number of aliphatic hydroxyl groups excluding tert-OH is 1. The molecule has 0 spiro atoms. The molecule has 9 heteroatoms. The first kappa shape index (κ1) is 34.7. The molecular formula is C39H48N6O3. The normalized spacial score (nSPS) is 16.0. The second-order valence-corrected chi connectivity index (χ2v) is 13.9. The van der Waals surface area contributed by atoms with Crippen LogP contribution in [0.5, 0.6) is 0 Å². The van der Waals surface area contributed by atoms with Gasteiger partial charge in [-0.3, -0.25) is 14.8 Å². The molecule has 1 aliphatic heterocycles. The van der Waals surface area contributed by atoms with E-state index in [1.165, 1.54) is 0 Å². The lowest BCUT2D eigenvalue weighted by Crippen LogP contribution is -2.58. The summed E-state index contributed by atoms with van der Waals surface area (Å²) in [6.45, 7) is 9.13. The zero-order valence-corrected chi connectivity index (χ0v) is 28.4. The summed E-state index contributed by atoms with van der Waals surface area (Å²) in [7, 11) is 0. The van der Waals surface area contributed by atoms with Crippen molar-refractivity contribution in [1.82, 2.24) is 25.1 Å². The van der Waals surface area contributed by atoms with Crippen LogP contribution in [-0.4, -0.2) is 74.1 Å². The smallest absolute Gasteiger partial charge is 0.321 e. The highest BCUT2D eigenvalue weighted by molar-refractivity contribution is 5.89. The quantitative estimate of drug-likeness (QED) is 0.184. The van der Waals surface area contributed by atoms with Gasteiger partial charge in [-0.05, 0) is 67.0 Å². The molecular weight excluding hydrogens is 600 g/mol. The Kier molecular flexibility index (Phi) is 11.2. The Morgan fingerprint density at radius 3 is 2.29 bits per heavy atom. The number of carbonyl (C=O) groups excluding carboxylic acids is 2. The molecule has 1 unspecified atom stereocenters. The molecule has 2 aromatic carbocycles. The summed E-state index contributed by atoms with van der Waals surface area (Å²) in [4.78, 5) is 40.3. The number of pyridine rings is 2. The molecule has 48 heavy (non-hydrogen) atoms. The number of carbonyl (C=O) groups is 2. The average Bonchev–Trinajstić information content (AvgIpc) is 3.39. The van der Waals surface area contributed by atoms with Gasteiger partial charge in [0, 0.05) is 36.6 Å². The first-order valence-electron chi connectivity index (χ1n) is 16.7. The van der Waals surface area contributed by atoms with Gasteiger partial charge in [-0.25, -0.2) is 4.79 Å². The Bertz CT molecular complexity index is 1640. The fourth-order valence-corrected chi connectivity index (χ4v) is 6.49. The molecule has 0 radical (unpaired) electrons. The van der Waals surface area contributed by atoms with Crippen molar-refractivity contribution >= 4 is 11.9 Å². The maximum absolute atomic E-state index is 14.2. The molecule has 4 atom stereocenters. The summed E-state index contributed by atoms with van der Waals surface area (Å²) in [5, 5.41) is 14.8. The average molecular weight is 649 g/mol. The van der Waals surface area contributed by atoms with Crippen molar-refractivity contribution in [3.8, 4) is 11.3 Å².